The van der Waals surface area contributed by atoms with Crippen LogP contribution in [-0.4, -0.2) is 72.6 Å². The van der Waals surface area contributed by atoms with Gasteiger partial charge in [-0.3, -0.25) is 9.59 Å². The number of nitrogens with zero attached hydrogens (tertiary/aromatic N) is 2. The number of ketones is 1. The molecule has 1 amide bonds. The van der Waals surface area contributed by atoms with Crippen LogP contribution in [0.3, 0.4) is 0 Å². The number of carbonyl (C=O) groups excluding carboxylic acids is 2. The summed E-state index contributed by atoms with van der Waals surface area (Å²) >= 11 is 0. The molecule has 1 saturated heterocycles. The van der Waals surface area contributed by atoms with Crippen LogP contribution in [0.4, 0.5) is 0 Å². The fourth-order valence-electron chi connectivity index (χ4n) is 4.78. The molecule has 1 heterocycles. The molecule has 0 spiro atoms. The van der Waals surface area contributed by atoms with E-state index in [0.29, 0.717) is 61.2 Å². The minimum absolute atomic E-state index is 0.0664. The molecule has 1 aliphatic rings. The van der Waals surface area contributed by atoms with E-state index in [2.05, 4.69) is 18.7 Å². The van der Waals surface area contributed by atoms with E-state index in [9.17, 15) is 14.7 Å². The molecule has 0 aliphatic carbocycles. The predicted molar refractivity (Wildman–Crippen MR) is 152 cm³/mol. The highest BCUT2D eigenvalue weighted by Gasteiger charge is 2.46. The standard InChI is InChI=1S/C31H42N2O6/c1-6-20-39-24-15-12-22(13-16-24)29(34)27-28(23-14-17-25(37-9-4)26(21-23)38-10-5)33(31(36)30(27)35)19-11-18-32(7-2)8-3/h12-17,21,28,34H,6-11,18-20H2,1-5H3. The molecule has 1 unspecified atom stereocenters. The first kappa shape index (κ1) is 30.0. The van der Waals surface area contributed by atoms with E-state index < -0.39 is 17.7 Å². The van der Waals surface area contributed by atoms with Crippen LogP contribution in [0, 0.1) is 0 Å². The summed E-state index contributed by atoms with van der Waals surface area (Å²) in [6.07, 6.45) is 1.58. The Morgan fingerprint density at radius 3 is 2.18 bits per heavy atom. The summed E-state index contributed by atoms with van der Waals surface area (Å²) in [7, 11) is 0. The van der Waals surface area contributed by atoms with Gasteiger partial charge in [0.15, 0.2) is 11.5 Å². The van der Waals surface area contributed by atoms with Crippen molar-refractivity contribution in [3.05, 3.63) is 59.2 Å². The van der Waals surface area contributed by atoms with Crippen molar-refractivity contribution >= 4 is 17.4 Å². The summed E-state index contributed by atoms with van der Waals surface area (Å²) in [5.74, 6) is 0.273. The second-order valence-electron chi connectivity index (χ2n) is 9.32. The van der Waals surface area contributed by atoms with Crippen molar-refractivity contribution in [3.8, 4) is 17.2 Å². The van der Waals surface area contributed by atoms with Gasteiger partial charge in [0.1, 0.15) is 11.5 Å². The van der Waals surface area contributed by atoms with Crippen LogP contribution >= 0.6 is 0 Å². The van der Waals surface area contributed by atoms with E-state index in [1.807, 2.05) is 26.8 Å². The van der Waals surface area contributed by atoms with Crippen LogP contribution in [0.1, 0.15) is 64.6 Å². The first-order chi connectivity index (χ1) is 18.9. The van der Waals surface area contributed by atoms with E-state index in [4.69, 9.17) is 14.2 Å². The molecule has 0 saturated carbocycles. The number of likely N-dealkylation sites (tertiary alicyclic amines) is 1. The molecule has 8 nitrogen and oxygen atoms in total. The molecule has 1 aliphatic heterocycles. The van der Waals surface area contributed by atoms with Crippen molar-refractivity contribution in [1.82, 2.24) is 9.80 Å². The average Bonchev–Trinajstić information content (AvgIpc) is 3.20. The largest absolute Gasteiger partial charge is 0.507 e. The monoisotopic (exact) mass is 538 g/mol. The minimum Gasteiger partial charge on any atom is -0.507 e. The topological polar surface area (TPSA) is 88.5 Å². The highest BCUT2D eigenvalue weighted by molar-refractivity contribution is 6.46. The molecule has 3 rings (SSSR count). The van der Waals surface area contributed by atoms with E-state index in [1.165, 1.54) is 0 Å². The highest BCUT2D eigenvalue weighted by atomic mass is 16.5. The molecule has 1 N–H and O–H groups in total. The molecule has 1 fully saturated rings. The Morgan fingerprint density at radius 1 is 0.897 bits per heavy atom. The van der Waals surface area contributed by atoms with Gasteiger partial charge in [0.25, 0.3) is 11.7 Å². The lowest BCUT2D eigenvalue weighted by molar-refractivity contribution is -0.140. The summed E-state index contributed by atoms with van der Waals surface area (Å²) in [4.78, 5) is 30.6. The maximum Gasteiger partial charge on any atom is 0.295 e. The number of hydrogen-bond donors (Lipinski definition) is 1. The van der Waals surface area contributed by atoms with Crippen molar-refractivity contribution in [2.45, 2.75) is 53.5 Å². The quantitative estimate of drug-likeness (QED) is 0.184. The third-order valence-electron chi connectivity index (χ3n) is 6.79. The van der Waals surface area contributed by atoms with Crippen LogP contribution in [0.5, 0.6) is 17.2 Å². The number of rotatable bonds is 15. The van der Waals surface area contributed by atoms with Gasteiger partial charge in [-0.25, -0.2) is 0 Å². The molecular formula is C31H42N2O6. The number of aliphatic hydroxyl groups is 1. The average molecular weight is 539 g/mol. The maximum absolute atomic E-state index is 13.4. The molecule has 0 radical (unpaired) electrons. The van der Waals surface area contributed by atoms with Gasteiger partial charge in [-0.15, -0.1) is 0 Å². The van der Waals surface area contributed by atoms with Crippen LogP contribution in [-0.2, 0) is 9.59 Å². The number of ether oxygens (including phenoxy) is 3. The van der Waals surface area contributed by atoms with Gasteiger partial charge in [0.2, 0.25) is 0 Å². The van der Waals surface area contributed by atoms with Crippen LogP contribution in [0.2, 0.25) is 0 Å². The zero-order valence-electron chi connectivity index (χ0n) is 23.9. The first-order valence-corrected chi connectivity index (χ1v) is 14.0. The van der Waals surface area contributed by atoms with Crippen LogP contribution in [0.25, 0.3) is 5.76 Å². The Labute approximate surface area is 232 Å². The molecule has 2 aromatic rings. The third-order valence-corrected chi connectivity index (χ3v) is 6.79. The highest BCUT2D eigenvalue weighted by Crippen LogP contribution is 2.42. The van der Waals surface area contributed by atoms with E-state index in [-0.39, 0.29) is 11.3 Å². The van der Waals surface area contributed by atoms with Crippen molar-refractivity contribution in [1.29, 1.82) is 0 Å². The maximum atomic E-state index is 13.4. The summed E-state index contributed by atoms with van der Waals surface area (Å²) in [6.45, 7) is 14.5. The summed E-state index contributed by atoms with van der Waals surface area (Å²) in [5, 5.41) is 11.4. The smallest absolute Gasteiger partial charge is 0.295 e. The van der Waals surface area contributed by atoms with Gasteiger partial charge in [0.05, 0.1) is 31.4 Å². The van der Waals surface area contributed by atoms with Crippen LogP contribution in [0.15, 0.2) is 48.0 Å². The van der Waals surface area contributed by atoms with Gasteiger partial charge < -0.3 is 29.1 Å². The van der Waals surface area contributed by atoms with Crippen molar-refractivity contribution < 1.29 is 28.9 Å². The number of benzene rings is 2. The fraction of sp³-hybridized carbons (Fsp3) is 0.484. The molecule has 39 heavy (non-hydrogen) atoms. The van der Waals surface area contributed by atoms with Gasteiger partial charge in [-0.2, -0.15) is 0 Å². The lowest BCUT2D eigenvalue weighted by Crippen LogP contribution is -2.33. The van der Waals surface area contributed by atoms with Crippen molar-refractivity contribution in [2.24, 2.45) is 0 Å². The number of aliphatic hydroxyl groups excluding tert-OH is 1. The van der Waals surface area contributed by atoms with Gasteiger partial charge in [-0.05, 0) is 88.3 Å². The first-order valence-electron chi connectivity index (χ1n) is 14.0. The Hall–Kier alpha value is -3.52. The van der Waals surface area contributed by atoms with E-state index in [0.717, 1.165) is 26.1 Å². The van der Waals surface area contributed by atoms with E-state index >= 15 is 0 Å². The second kappa shape index (κ2) is 14.6. The van der Waals surface area contributed by atoms with E-state index in [1.54, 1.807) is 41.3 Å². The summed E-state index contributed by atoms with van der Waals surface area (Å²) in [6, 6.07) is 11.6. The summed E-state index contributed by atoms with van der Waals surface area (Å²) < 4.78 is 17.2. The molecule has 0 aromatic heterocycles. The predicted octanol–water partition coefficient (Wildman–Crippen LogP) is 5.43. The number of carbonyl (C=O) groups is 2. The van der Waals surface area contributed by atoms with Crippen LogP contribution < -0.4 is 14.2 Å². The third kappa shape index (κ3) is 7.12. The molecular weight excluding hydrogens is 496 g/mol. The summed E-state index contributed by atoms with van der Waals surface area (Å²) in [5.41, 5.74) is 1.19. The van der Waals surface area contributed by atoms with Gasteiger partial charge in [-0.1, -0.05) is 26.8 Å². The normalized spacial score (nSPS) is 16.7. The SMILES string of the molecule is CCCOc1ccc(C(O)=C2C(=O)C(=O)N(CCCN(CC)CC)C2c2ccc(OCC)c(OCC)c2)cc1. The second-order valence-corrected chi connectivity index (χ2v) is 9.32. The fourth-order valence-corrected chi connectivity index (χ4v) is 4.78. The minimum atomic E-state index is -0.757. The Morgan fingerprint density at radius 2 is 1.56 bits per heavy atom. The van der Waals surface area contributed by atoms with Crippen molar-refractivity contribution in [3.63, 3.8) is 0 Å². The molecule has 0 bridgehead atoms. The molecule has 1 atom stereocenters. The Kier molecular flexibility index (Phi) is 11.2. The number of Topliss-reactive ketones (excluding diaryl/α,β-unsaturated/α-hetero) is 1. The van der Waals surface area contributed by atoms with Gasteiger partial charge >= 0.3 is 0 Å². The Bertz CT molecular complexity index is 1140. The number of amides is 1. The molecule has 2 aromatic carbocycles. The van der Waals surface area contributed by atoms with Crippen molar-refractivity contribution in [2.75, 3.05) is 46.0 Å². The van der Waals surface area contributed by atoms with Gasteiger partial charge in [0, 0.05) is 12.1 Å². The zero-order chi connectivity index (χ0) is 28.4. The lowest BCUT2D eigenvalue weighted by Gasteiger charge is -2.27. The number of hydrogen-bond acceptors (Lipinski definition) is 7. The molecule has 8 heteroatoms. The zero-order valence-corrected chi connectivity index (χ0v) is 23.9. The molecule has 212 valence electrons. The lowest BCUT2D eigenvalue weighted by atomic mass is 9.95. The Balaban J connectivity index is 2.07.